The van der Waals surface area contributed by atoms with Gasteiger partial charge in [0.15, 0.2) is 6.10 Å². The van der Waals surface area contributed by atoms with Crippen molar-refractivity contribution in [3.05, 3.63) is 102 Å². The minimum atomic E-state index is -0.962. The molecule has 176 valence electrons. The molecule has 2 atom stereocenters. The predicted molar refractivity (Wildman–Crippen MR) is 137 cm³/mol. The number of nitrogens with one attached hydrogen (secondary N) is 1. The van der Waals surface area contributed by atoms with E-state index >= 15 is 0 Å². The first kappa shape index (κ1) is 22.5. The molecule has 1 aliphatic rings. The molecule has 1 aliphatic heterocycles. The molecular weight excluding hydrogens is 440 g/mol. The highest BCUT2D eigenvalue weighted by atomic mass is 16.5. The minimum Gasteiger partial charge on any atom is -0.478 e. The molecule has 5 rings (SSSR count). The molecule has 0 fully saturated rings. The molecule has 0 aromatic heterocycles. The van der Waals surface area contributed by atoms with Gasteiger partial charge in [0.25, 0.3) is 5.91 Å². The van der Waals surface area contributed by atoms with Crippen LogP contribution < -0.4 is 15.0 Å². The molecular formula is C29H26N2O4. The Hall–Kier alpha value is -4.32. The highest BCUT2D eigenvalue weighted by Crippen LogP contribution is 2.38. The zero-order chi connectivity index (χ0) is 24.5. The van der Waals surface area contributed by atoms with Crippen LogP contribution in [0.2, 0.25) is 0 Å². The first-order chi connectivity index (χ1) is 16.9. The summed E-state index contributed by atoms with van der Waals surface area (Å²) in [6, 6.07) is 26.8. The van der Waals surface area contributed by atoms with E-state index in [-0.39, 0.29) is 17.5 Å². The summed E-state index contributed by atoms with van der Waals surface area (Å²) in [6.07, 6.45) is -0.734. The Morgan fingerprint density at radius 2 is 1.74 bits per heavy atom. The van der Waals surface area contributed by atoms with Crippen molar-refractivity contribution in [1.82, 2.24) is 5.32 Å². The van der Waals surface area contributed by atoms with Gasteiger partial charge >= 0.3 is 5.97 Å². The molecule has 1 unspecified atom stereocenters. The van der Waals surface area contributed by atoms with Crippen LogP contribution in [0.15, 0.2) is 84.9 Å². The van der Waals surface area contributed by atoms with Gasteiger partial charge < -0.3 is 20.1 Å². The van der Waals surface area contributed by atoms with Gasteiger partial charge in [-0.05, 0) is 66.1 Å². The fourth-order valence-corrected chi connectivity index (χ4v) is 4.68. The van der Waals surface area contributed by atoms with Crippen molar-refractivity contribution in [2.24, 2.45) is 0 Å². The lowest BCUT2D eigenvalue weighted by atomic mass is 9.99. The van der Waals surface area contributed by atoms with Crippen LogP contribution in [-0.2, 0) is 4.79 Å². The molecule has 1 amide bonds. The van der Waals surface area contributed by atoms with Crippen LogP contribution in [0.25, 0.3) is 10.8 Å². The minimum absolute atomic E-state index is 0.205. The van der Waals surface area contributed by atoms with Gasteiger partial charge in [0, 0.05) is 5.69 Å². The Balaban J connectivity index is 1.42. The zero-order valence-electron chi connectivity index (χ0n) is 19.6. The topological polar surface area (TPSA) is 78.9 Å². The van der Waals surface area contributed by atoms with Crippen LogP contribution in [0, 0.1) is 6.92 Å². The molecule has 0 radical (unpaired) electrons. The van der Waals surface area contributed by atoms with Crippen LogP contribution >= 0.6 is 0 Å². The zero-order valence-corrected chi connectivity index (χ0v) is 19.6. The van der Waals surface area contributed by atoms with Crippen LogP contribution in [0.1, 0.15) is 34.5 Å². The van der Waals surface area contributed by atoms with Gasteiger partial charge in [0.1, 0.15) is 5.75 Å². The van der Waals surface area contributed by atoms with Gasteiger partial charge in [-0.3, -0.25) is 4.79 Å². The molecule has 4 aromatic rings. The third-order valence-electron chi connectivity index (χ3n) is 6.47. The molecule has 0 saturated heterocycles. The van der Waals surface area contributed by atoms with Crippen LogP contribution in [0.4, 0.5) is 11.4 Å². The van der Waals surface area contributed by atoms with Crippen molar-refractivity contribution in [1.29, 1.82) is 0 Å². The molecule has 2 N–H and O–H groups in total. The lowest BCUT2D eigenvalue weighted by molar-refractivity contribution is -0.128. The highest BCUT2D eigenvalue weighted by Gasteiger charge is 2.32. The van der Waals surface area contributed by atoms with E-state index < -0.39 is 12.1 Å². The van der Waals surface area contributed by atoms with E-state index in [0.717, 1.165) is 27.7 Å². The van der Waals surface area contributed by atoms with Gasteiger partial charge in [-0.2, -0.15) is 0 Å². The summed E-state index contributed by atoms with van der Waals surface area (Å²) in [4.78, 5) is 26.8. The number of hydrogen-bond acceptors (Lipinski definition) is 4. The van der Waals surface area contributed by atoms with Crippen molar-refractivity contribution < 1.29 is 19.4 Å². The van der Waals surface area contributed by atoms with Crippen molar-refractivity contribution in [2.45, 2.75) is 26.0 Å². The molecule has 0 aliphatic carbocycles. The molecule has 6 heteroatoms. The number of benzene rings is 4. The average molecular weight is 467 g/mol. The fraction of sp³-hybridized carbons (Fsp3) is 0.172. The number of anilines is 2. The van der Waals surface area contributed by atoms with Crippen molar-refractivity contribution in [3.8, 4) is 5.75 Å². The van der Waals surface area contributed by atoms with E-state index in [4.69, 9.17) is 4.74 Å². The molecule has 0 bridgehead atoms. The standard InChI is InChI=1S/C29H26N2O4/c1-18-16-21(14-15-22(18)29(33)34)31-17-27(35-26-13-6-5-12-25(26)31)28(32)30-19(2)23-11-7-9-20-8-3-4-10-24(20)23/h3-16,19,27H,17H2,1-2H3,(H,30,32)(H,33,34)/t19-,27?/m1/s1. The largest absolute Gasteiger partial charge is 0.478 e. The van der Waals surface area contributed by atoms with E-state index in [9.17, 15) is 14.7 Å². The molecule has 4 aromatic carbocycles. The summed E-state index contributed by atoms with van der Waals surface area (Å²) < 4.78 is 6.11. The average Bonchev–Trinajstić information content (AvgIpc) is 2.87. The Labute approximate surface area is 203 Å². The number of carboxylic acid groups (broad SMARTS) is 1. The second-order valence-electron chi connectivity index (χ2n) is 8.79. The van der Waals surface area contributed by atoms with Crippen LogP contribution in [0.5, 0.6) is 5.75 Å². The van der Waals surface area contributed by atoms with E-state index in [2.05, 4.69) is 23.5 Å². The second-order valence-corrected chi connectivity index (χ2v) is 8.79. The Kier molecular flexibility index (Phi) is 5.87. The lowest BCUT2D eigenvalue weighted by Crippen LogP contribution is -2.48. The smallest absolute Gasteiger partial charge is 0.335 e. The summed E-state index contributed by atoms with van der Waals surface area (Å²) in [5.74, 6) is -0.559. The monoisotopic (exact) mass is 466 g/mol. The molecule has 6 nitrogen and oxygen atoms in total. The number of carboxylic acids is 1. The molecule has 0 saturated carbocycles. The first-order valence-corrected chi connectivity index (χ1v) is 11.6. The number of para-hydroxylation sites is 2. The lowest BCUT2D eigenvalue weighted by Gasteiger charge is -2.36. The number of fused-ring (bicyclic) bond motifs is 2. The normalized spacial score (nSPS) is 15.7. The summed E-state index contributed by atoms with van der Waals surface area (Å²) in [6.45, 7) is 4.05. The Bertz CT molecular complexity index is 1430. The number of rotatable bonds is 5. The van der Waals surface area contributed by atoms with Crippen molar-refractivity contribution in [2.75, 3.05) is 11.4 Å². The number of amides is 1. The number of hydrogen-bond donors (Lipinski definition) is 2. The number of aromatic carboxylic acids is 1. The SMILES string of the molecule is Cc1cc(N2CC(C(=O)N[C@H](C)c3cccc4ccccc34)Oc3ccccc32)ccc1C(=O)O. The summed E-state index contributed by atoms with van der Waals surface area (Å²) >= 11 is 0. The third-order valence-corrected chi connectivity index (χ3v) is 6.47. The highest BCUT2D eigenvalue weighted by molar-refractivity contribution is 5.91. The number of nitrogens with zero attached hydrogens (tertiary/aromatic N) is 1. The van der Waals surface area contributed by atoms with E-state index in [1.807, 2.05) is 66.4 Å². The molecule has 0 spiro atoms. The Morgan fingerprint density at radius 1 is 1.00 bits per heavy atom. The van der Waals surface area contributed by atoms with Crippen LogP contribution in [0.3, 0.4) is 0 Å². The molecule has 1 heterocycles. The van der Waals surface area contributed by atoms with Gasteiger partial charge in [-0.15, -0.1) is 0 Å². The maximum atomic E-state index is 13.4. The van der Waals surface area contributed by atoms with Crippen LogP contribution in [-0.4, -0.2) is 29.6 Å². The fourth-order valence-electron chi connectivity index (χ4n) is 4.68. The van der Waals surface area contributed by atoms with E-state index in [0.29, 0.717) is 17.9 Å². The van der Waals surface area contributed by atoms with Gasteiger partial charge in [-0.25, -0.2) is 4.79 Å². The number of ether oxygens (including phenoxy) is 1. The first-order valence-electron chi connectivity index (χ1n) is 11.6. The quantitative estimate of drug-likeness (QED) is 0.399. The maximum absolute atomic E-state index is 13.4. The van der Waals surface area contributed by atoms with Crippen molar-refractivity contribution >= 4 is 34.0 Å². The molecule has 35 heavy (non-hydrogen) atoms. The number of carbonyl (C=O) groups excluding carboxylic acids is 1. The third kappa shape index (κ3) is 4.30. The van der Waals surface area contributed by atoms with Crippen molar-refractivity contribution in [3.63, 3.8) is 0 Å². The summed E-state index contributed by atoms with van der Waals surface area (Å²) in [5.41, 5.74) is 3.60. The maximum Gasteiger partial charge on any atom is 0.335 e. The van der Waals surface area contributed by atoms with Gasteiger partial charge in [0.2, 0.25) is 0 Å². The Morgan fingerprint density at radius 3 is 2.54 bits per heavy atom. The van der Waals surface area contributed by atoms with E-state index in [1.54, 1.807) is 19.1 Å². The van der Waals surface area contributed by atoms with E-state index in [1.165, 1.54) is 0 Å². The summed E-state index contributed by atoms with van der Waals surface area (Å²) in [5, 5.41) is 14.8. The summed E-state index contributed by atoms with van der Waals surface area (Å²) in [7, 11) is 0. The van der Waals surface area contributed by atoms with Gasteiger partial charge in [-0.1, -0.05) is 54.6 Å². The number of aryl methyl sites for hydroxylation is 1. The van der Waals surface area contributed by atoms with Gasteiger partial charge in [0.05, 0.1) is 23.8 Å². The number of carbonyl (C=O) groups is 2. The predicted octanol–water partition coefficient (Wildman–Crippen LogP) is 5.62. The second kappa shape index (κ2) is 9.14.